The van der Waals surface area contributed by atoms with Gasteiger partial charge in [0.25, 0.3) is 0 Å². The van der Waals surface area contributed by atoms with E-state index >= 15 is 0 Å². The van der Waals surface area contributed by atoms with Gasteiger partial charge in [-0.05, 0) is 55.6 Å². The van der Waals surface area contributed by atoms with Crippen LogP contribution in [0.2, 0.25) is 0 Å². The van der Waals surface area contributed by atoms with E-state index in [-0.39, 0.29) is 30.8 Å². The third-order valence-electron chi connectivity index (χ3n) is 6.98. The summed E-state index contributed by atoms with van der Waals surface area (Å²) < 4.78 is 10.5. The third-order valence-corrected chi connectivity index (χ3v) is 6.98. The largest absolute Gasteiger partial charge is 0.445 e. The Morgan fingerprint density at radius 1 is 0.667 bits per heavy atom. The van der Waals surface area contributed by atoms with Gasteiger partial charge in [0.2, 0.25) is 11.8 Å². The van der Waals surface area contributed by atoms with Crippen molar-refractivity contribution in [2.75, 3.05) is 6.54 Å². The standard InChI is InChI=1S/C34H48N4O7/c1-23(2)20-29(37-32(41)30(24(3)4)38-34(43)45-22-27-16-10-7-11-17-27)31(40)36-28(25(5)39)18-12-13-19-35-33(42)44-21-26-14-8-6-9-15-26/h6-11,14-17,23-24,28-30H,12-13,18-22H2,1-5H3,(H,35,42)(H,36,40)(H,37,41)(H,38,43)/t28-,29-,30+/m0/s1. The number of carbonyl (C=O) groups is 5. The molecule has 0 bridgehead atoms. The van der Waals surface area contributed by atoms with E-state index in [0.717, 1.165) is 11.1 Å². The topological polar surface area (TPSA) is 152 Å². The summed E-state index contributed by atoms with van der Waals surface area (Å²) >= 11 is 0. The SMILES string of the molecule is CC(=O)[C@H](CCCCNC(=O)OCc1ccccc1)NC(=O)[C@H](CC(C)C)NC(=O)[C@H](NC(=O)OCc1ccccc1)C(C)C. The summed E-state index contributed by atoms with van der Waals surface area (Å²) in [5.41, 5.74) is 1.70. The summed E-state index contributed by atoms with van der Waals surface area (Å²) in [6, 6.07) is 15.9. The monoisotopic (exact) mass is 624 g/mol. The van der Waals surface area contributed by atoms with E-state index in [2.05, 4.69) is 21.3 Å². The van der Waals surface area contributed by atoms with Crippen LogP contribution < -0.4 is 21.3 Å². The number of rotatable bonds is 18. The molecule has 0 spiro atoms. The highest BCUT2D eigenvalue weighted by molar-refractivity contribution is 5.93. The van der Waals surface area contributed by atoms with E-state index in [1.807, 2.05) is 74.5 Å². The van der Waals surface area contributed by atoms with E-state index in [4.69, 9.17) is 9.47 Å². The van der Waals surface area contributed by atoms with Crippen LogP contribution in [0.5, 0.6) is 0 Å². The first-order valence-electron chi connectivity index (χ1n) is 15.5. The average molecular weight is 625 g/mol. The number of carbonyl (C=O) groups excluding carboxylic acids is 5. The molecule has 0 heterocycles. The molecule has 0 aliphatic heterocycles. The van der Waals surface area contributed by atoms with Crippen LogP contribution in [0, 0.1) is 11.8 Å². The van der Waals surface area contributed by atoms with Crippen molar-refractivity contribution >= 4 is 29.8 Å². The first kappa shape index (κ1) is 36.8. The minimum Gasteiger partial charge on any atom is -0.445 e. The predicted octanol–water partition coefficient (Wildman–Crippen LogP) is 4.64. The zero-order valence-electron chi connectivity index (χ0n) is 27.0. The Hall–Kier alpha value is -4.41. The molecule has 2 rings (SSSR count). The molecule has 11 heteroatoms. The lowest BCUT2D eigenvalue weighted by atomic mass is 9.99. The lowest BCUT2D eigenvalue weighted by Crippen LogP contribution is -2.57. The first-order chi connectivity index (χ1) is 21.5. The van der Waals surface area contributed by atoms with Gasteiger partial charge in [-0.25, -0.2) is 9.59 Å². The summed E-state index contributed by atoms with van der Waals surface area (Å²) in [6.45, 7) is 9.39. The Bertz CT molecular complexity index is 1220. The van der Waals surface area contributed by atoms with Gasteiger partial charge in [-0.3, -0.25) is 14.4 Å². The van der Waals surface area contributed by atoms with Crippen LogP contribution >= 0.6 is 0 Å². The van der Waals surface area contributed by atoms with Gasteiger partial charge in [0.1, 0.15) is 25.3 Å². The second-order valence-corrected chi connectivity index (χ2v) is 11.8. The molecule has 246 valence electrons. The molecule has 11 nitrogen and oxygen atoms in total. The number of hydrogen-bond acceptors (Lipinski definition) is 7. The third kappa shape index (κ3) is 14.7. The number of alkyl carbamates (subject to hydrolysis) is 2. The molecule has 2 aromatic carbocycles. The molecular formula is C34H48N4O7. The highest BCUT2D eigenvalue weighted by Crippen LogP contribution is 2.11. The van der Waals surface area contributed by atoms with Crippen molar-refractivity contribution in [2.45, 2.75) is 91.6 Å². The molecular weight excluding hydrogens is 576 g/mol. The number of nitrogens with one attached hydrogen (secondary N) is 4. The van der Waals surface area contributed by atoms with Crippen molar-refractivity contribution in [1.82, 2.24) is 21.3 Å². The molecule has 0 aliphatic carbocycles. The van der Waals surface area contributed by atoms with Crippen LogP contribution in [0.4, 0.5) is 9.59 Å². The molecule has 3 atom stereocenters. The van der Waals surface area contributed by atoms with E-state index in [1.165, 1.54) is 6.92 Å². The number of amides is 4. The number of Topliss-reactive ketones (excluding diaryl/α,β-unsaturated/α-hetero) is 1. The Kier molecular flexibility index (Phi) is 16.2. The van der Waals surface area contributed by atoms with Gasteiger partial charge >= 0.3 is 12.2 Å². The second-order valence-electron chi connectivity index (χ2n) is 11.8. The van der Waals surface area contributed by atoms with E-state index in [9.17, 15) is 24.0 Å². The van der Waals surface area contributed by atoms with Crippen LogP contribution in [-0.4, -0.2) is 54.5 Å². The van der Waals surface area contributed by atoms with E-state index in [0.29, 0.717) is 32.2 Å². The zero-order valence-corrected chi connectivity index (χ0v) is 27.0. The van der Waals surface area contributed by atoms with Crippen molar-refractivity contribution in [2.24, 2.45) is 11.8 Å². The quantitative estimate of drug-likeness (QED) is 0.176. The highest BCUT2D eigenvalue weighted by Gasteiger charge is 2.31. The zero-order chi connectivity index (χ0) is 33.2. The summed E-state index contributed by atoms with van der Waals surface area (Å²) in [6.07, 6.45) is 0.576. The summed E-state index contributed by atoms with van der Waals surface area (Å²) in [4.78, 5) is 63.4. The Balaban J connectivity index is 1.86. The number of unbranched alkanes of at least 4 members (excludes halogenated alkanes) is 1. The average Bonchev–Trinajstić information content (AvgIpc) is 3.00. The van der Waals surface area contributed by atoms with Crippen molar-refractivity contribution < 1.29 is 33.4 Å². The first-order valence-corrected chi connectivity index (χ1v) is 15.5. The fourth-order valence-corrected chi connectivity index (χ4v) is 4.48. The number of benzene rings is 2. The van der Waals surface area contributed by atoms with E-state index < -0.39 is 42.1 Å². The molecule has 0 saturated carbocycles. The van der Waals surface area contributed by atoms with Gasteiger partial charge in [0.15, 0.2) is 5.78 Å². The molecule has 0 unspecified atom stereocenters. The maximum atomic E-state index is 13.3. The minimum absolute atomic E-state index is 0.0539. The van der Waals surface area contributed by atoms with Crippen LogP contribution in [0.3, 0.4) is 0 Å². The fraction of sp³-hybridized carbons (Fsp3) is 0.500. The maximum Gasteiger partial charge on any atom is 0.408 e. The van der Waals surface area contributed by atoms with Gasteiger partial charge in [0, 0.05) is 6.54 Å². The number of hydrogen-bond donors (Lipinski definition) is 4. The summed E-state index contributed by atoms with van der Waals surface area (Å²) in [5.74, 6) is -1.44. The van der Waals surface area contributed by atoms with Gasteiger partial charge in [0.05, 0.1) is 6.04 Å². The van der Waals surface area contributed by atoms with Crippen molar-refractivity contribution in [3.8, 4) is 0 Å². The van der Waals surface area contributed by atoms with Crippen LogP contribution in [0.1, 0.15) is 71.4 Å². The molecule has 0 saturated heterocycles. The Morgan fingerprint density at radius 3 is 1.71 bits per heavy atom. The lowest BCUT2D eigenvalue weighted by Gasteiger charge is -2.27. The predicted molar refractivity (Wildman–Crippen MR) is 171 cm³/mol. The summed E-state index contributed by atoms with van der Waals surface area (Å²) in [5, 5.41) is 10.9. The highest BCUT2D eigenvalue weighted by atomic mass is 16.6. The van der Waals surface area contributed by atoms with Crippen molar-refractivity contribution in [1.29, 1.82) is 0 Å². The molecule has 0 aromatic heterocycles. The van der Waals surface area contributed by atoms with Gasteiger partial charge < -0.3 is 30.7 Å². The van der Waals surface area contributed by atoms with Gasteiger partial charge in [-0.2, -0.15) is 0 Å². The lowest BCUT2D eigenvalue weighted by molar-refractivity contribution is -0.132. The Morgan fingerprint density at radius 2 is 1.20 bits per heavy atom. The molecule has 4 N–H and O–H groups in total. The van der Waals surface area contributed by atoms with Gasteiger partial charge in [-0.1, -0.05) is 88.4 Å². The maximum absolute atomic E-state index is 13.3. The molecule has 45 heavy (non-hydrogen) atoms. The smallest absolute Gasteiger partial charge is 0.408 e. The van der Waals surface area contributed by atoms with Crippen molar-refractivity contribution in [3.63, 3.8) is 0 Å². The molecule has 2 aromatic rings. The minimum atomic E-state index is -0.939. The van der Waals surface area contributed by atoms with Gasteiger partial charge in [-0.15, -0.1) is 0 Å². The van der Waals surface area contributed by atoms with Crippen molar-refractivity contribution in [3.05, 3.63) is 71.8 Å². The molecule has 0 radical (unpaired) electrons. The van der Waals surface area contributed by atoms with E-state index in [1.54, 1.807) is 13.8 Å². The second kappa shape index (κ2) is 19.8. The van der Waals surface area contributed by atoms with Crippen LogP contribution in [-0.2, 0) is 37.1 Å². The summed E-state index contributed by atoms with van der Waals surface area (Å²) in [7, 11) is 0. The molecule has 0 aliphatic rings. The number of ketones is 1. The van der Waals surface area contributed by atoms with Crippen LogP contribution in [0.15, 0.2) is 60.7 Å². The number of ether oxygens (including phenoxy) is 2. The normalized spacial score (nSPS) is 12.9. The molecule has 0 fully saturated rings. The van der Waals surface area contributed by atoms with Crippen LogP contribution in [0.25, 0.3) is 0 Å². The fourth-order valence-electron chi connectivity index (χ4n) is 4.48. The Labute approximate surface area is 266 Å². The molecule has 4 amide bonds.